The van der Waals surface area contributed by atoms with Gasteiger partial charge in [0.1, 0.15) is 17.3 Å². The van der Waals surface area contributed by atoms with E-state index in [1.807, 2.05) is 6.07 Å². The highest BCUT2D eigenvalue weighted by molar-refractivity contribution is 5.77. The number of rotatable bonds is 8. The number of hydrogen-bond donors (Lipinski definition) is 0. The predicted molar refractivity (Wildman–Crippen MR) is 118 cm³/mol. The molecule has 4 rings (SSSR count). The maximum Gasteiger partial charge on any atom is 0.306 e. The monoisotopic (exact) mass is 450 g/mol. The lowest BCUT2D eigenvalue weighted by Crippen LogP contribution is -2.23. The SMILES string of the molecule is COc1ccc(-c2noc(COC(=O)CCc3nc4ccccc4c(=O)n3C)n2)c(OC)c1. The second kappa shape index (κ2) is 9.51. The predicted octanol–water partition coefficient (Wildman–Crippen LogP) is 2.68. The van der Waals surface area contributed by atoms with Gasteiger partial charge in [0.15, 0.2) is 6.61 Å². The number of methoxy groups -OCH3 is 2. The average molecular weight is 450 g/mol. The molecular weight excluding hydrogens is 428 g/mol. The second-order valence-electron chi connectivity index (χ2n) is 7.15. The molecule has 2 aromatic heterocycles. The zero-order chi connectivity index (χ0) is 23.4. The lowest BCUT2D eigenvalue weighted by atomic mass is 10.2. The lowest BCUT2D eigenvalue weighted by Gasteiger charge is -2.08. The Morgan fingerprint density at radius 1 is 1.09 bits per heavy atom. The molecule has 0 radical (unpaired) electrons. The summed E-state index contributed by atoms with van der Waals surface area (Å²) in [5.41, 5.74) is 1.05. The van der Waals surface area contributed by atoms with Gasteiger partial charge in [-0.05, 0) is 24.3 Å². The summed E-state index contributed by atoms with van der Waals surface area (Å²) in [5.74, 6) is 1.63. The highest BCUT2D eigenvalue weighted by Gasteiger charge is 2.16. The van der Waals surface area contributed by atoms with Crippen molar-refractivity contribution >= 4 is 16.9 Å². The van der Waals surface area contributed by atoms with Crippen molar-refractivity contribution in [3.8, 4) is 22.9 Å². The fourth-order valence-corrected chi connectivity index (χ4v) is 3.32. The van der Waals surface area contributed by atoms with Crippen molar-refractivity contribution in [2.24, 2.45) is 7.05 Å². The largest absolute Gasteiger partial charge is 0.497 e. The number of aryl methyl sites for hydroxylation is 1. The molecule has 170 valence electrons. The Labute approximate surface area is 188 Å². The van der Waals surface area contributed by atoms with E-state index in [9.17, 15) is 9.59 Å². The van der Waals surface area contributed by atoms with Crippen LogP contribution >= 0.6 is 0 Å². The molecule has 0 bridgehead atoms. The van der Waals surface area contributed by atoms with Crippen molar-refractivity contribution < 1.29 is 23.5 Å². The molecule has 2 heterocycles. The number of para-hydroxylation sites is 1. The normalized spacial score (nSPS) is 10.9. The Bertz CT molecular complexity index is 1360. The molecule has 0 unspecified atom stereocenters. The van der Waals surface area contributed by atoms with E-state index < -0.39 is 5.97 Å². The van der Waals surface area contributed by atoms with Crippen LogP contribution in [0.4, 0.5) is 0 Å². The Hall–Kier alpha value is -4.21. The van der Waals surface area contributed by atoms with Gasteiger partial charge in [0.2, 0.25) is 5.82 Å². The van der Waals surface area contributed by atoms with Crippen LogP contribution in [-0.4, -0.2) is 39.9 Å². The first-order valence-corrected chi connectivity index (χ1v) is 10.2. The first-order chi connectivity index (χ1) is 16.0. The van der Waals surface area contributed by atoms with E-state index in [4.69, 9.17) is 18.7 Å². The minimum Gasteiger partial charge on any atom is -0.497 e. The maximum absolute atomic E-state index is 12.5. The van der Waals surface area contributed by atoms with Crippen molar-refractivity contribution in [3.63, 3.8) is 0 Å². The highest BCUT2D eigenvalue weighted by Crippen LogP contribution is 2.31. The zero-order valence-corrected chi connectivity index (χ0v) is 18.4. The molecule has 0 fully saturated rings. The third-order valence-electron chi connectivity index (χ3n) is 5.10. The molecule has 10 nitrogen and oxygen atoms in total. The smallest absolute Gasteiger partial charge is 0.306 e. The number of hydrogen-bond acceptors (Lipinski definition) is 9. The van der Waals surface area contributed by atoms with Gasteiger partial charge in [-0.1, -0.05) is 17.3 Å². The maximum atomic E-state index is 12.5. The number of aromatic nitrogens is 4. The summed E-state index contributed by atoms with van der Waals surface area (Å²) < 4.78 is 22.4. The summed E-state index contributed by atoms with van der Waals surface area (Å²) in [5, 5.41) is 4.46. The molecule has 4 aromatic rings. The van der Waals surface area contributed by atoms with Gasteiger partial charge in [-0.2, -0.15) is 4.98 Å². The van der Waals surface area contributed by atoms with Crippen LogP contribution < -0.4 is 15.0 Å². The molecule has 0 amide bonds. The van der Waals surface area contributed by atoms with Crippen LogP contribution in [0.3, 0.4) is 0 Å². The Morgan fingerprint density at radius 3 is 2.70 bits per heavy atom. The molecule has 0 aliphatic heterocycles. The van der Waals surface area contributed by atoms with Crippen molar-refractivity contribution in [1.29, 1.82) is 0 Å². The topological polar surface area (TPSA) is 119 Å². The number of esters is 1. The lowest BCUT2D eigenvalue weighted by molar-refractivity contribution is -0.145. The number of ether oxygens (including phenoxy) is 3. The van der Waals surface area contributed by atoms with Gasteiger partial charge in [0.05, 0.1) is 37.1 Å². The summed E-state index contributed by atoms with van der Waals surface area (Å²) in [6.07, 6.45) is 0.305. The molecule has 10 heteroatoms. The van der Waals surface area contributed by atoms with Gasteiger partial charge in [-0.25, -0.2) is 4.98 Å². The van der Waals surface area contributed by atoms with E-state index in [1.54, 1.807) is 50.6 Å². The standard InChI is InChI=1S/C23H22N4O6/c1-27-19(24-17-7-5-4-6-15(17)23(27)29)10-11-21(28)32-13-20-25-22(26-33-20)16-9-8-14(30-2)12-18(16)31-3/h4-9,12H,10-11,13H2,1-3H3. The minimum atomic E-state index is -0.473. The van der Waals surface area contributed by atoms with E-state index in [0.29, 0.717) is 39.6 Å². The van der Waals surface area contributed by atoms with Crippen LogP contribution in [0.15, 0.2) is 51.8 Å². The molecule has 0 saturated carbocycles. The number of carbonyl (C=O) groups is 1. The Balaban J connectivity index is 1.38. The van der Waals surface area contributed by atoms with Crippen LogP contribution in [0.25, 0.3) is 22.3 Å². The van der Waals surface area contributed by atoms with Gasteiger partial charge in [-0.3, -0.25) is 14.2 Å². The zero-order valence-electron chi connectivity index (χ0n) is 18.4. The molecule has 0 aliphatic rings. The third-order valence-corrected chi connectivity index (χ3v) is 5.10. The first-order valence-electron chi connectivity index (χ1n) is 10.2. The molecule has 33 heavy (non-hydrogen) atoms. The third kappa shape index (κ3) is 4.69. The Kier molecular flexibility index (Phi) is 6.34. The molecule has 0 N–H and O–H groups in total. The van der Waals surface area contributed by atoms with Crippen LogP contribution in [0.1, 0.15) is 18.1 Å². The van der Waals surface area contributed by atoms with Gasteiger partial charge < -0.3 is 18.7 Å². The number of fused-ring (bicyclic) bond motifs is 1. The molecule has 0 saturated heterocycles. The number of benzene rings is 2. The molecule has 0 atom stereocenters. The molecular formula is C23H22N4O6. The minimum absolute atomic E-state index is 0.0475. The summed E-state index contributed by atoms with van der Waals surface area (Å²) in [7, 11) is 4.72. The van der Waals surface area contributed by atoms with E-state index in [2.05, 4.69) is 15.1 Å². The quantitative estimate of drug-likeness (QED) is 0.373. The number of carbonyl (C=O) groups excluding carboxylic acids is 1. The highest BCUT2D eigenvalue weighted by atomic mass is 16.6. The first kappa shape index (κ1) is 22.0. The van der Waals surface area contributed by atoms with Crippen molar-refractivity contribution in [2.75, 3.05) is 14.2 Å². The summed E-state index contributed by atoms with van der Waals surface area (Å²) in [6, 6.07) is 12.3. The van der Waals surface area contributed by atoms with Crippen molar-refractivity contribution in [1.82, 2.24) is 19.7 Å². The summed E-state index contributed by atoms with van der Waals surface area (Å²) in [4.78, 5) is 33.5. The molecule has 0 aliphatic carbocycles. The van der Waals surface area contributed by atoms with E-state index in [1.165, 1.54) is 11.7 Å². The molecule has 0 spiro atoms. The van der Waals surface area contributed by atoms with Gasteiger partial charge in [-0.15, -0.1) is 0 Å². The van der Waals surface area contributed by atoms with Crippen LogP contribution in [0.2, 0.25) is 0 Å². The summed E-state index contributed by atoms with van der Waals surface area (Å²) >= 11 is 0. The van der Waals surface area contributed by atoms with E-state index in [0.717, 1.165) is 0 Å². The van der Waals surface area contributed by atoms with Gasteiger partial charge in [0, 0.05) is 19.5 Å². The second-order valence-corrected chi connectivity index (χ2v) is 7.15. The fraction of sp³-hybridized carbons (Fsp3) is 0.261. The summed E-state index contributed by atoms with van der Waals surface area (Å²) in [6.45, 7) is -0.172. The van der Waals surface area contributed by atoms with Gasteiger partial charge >= 0.3 is 5.97 Å². The Morgan fingerprint density at radius 2 is 1.91 bits per heavy atom. The average Bonchev–Trinajstić information content (AvgIpc) is 3.32. The van der Waals surface area contributed by atoms with Crippen molar-refractivity contribution in [3.05, 3.63) is 64.5 Å². The van der Waals surface area contributed by atoms with Crippen molar-refractivity contribution in [2.45, 2.75) is 19.4 Å². The van der Waals surface area contributed by atoms with Crippen LogP contribution in [-0.2, 0) is 29.6 Å². The van der Waals surface area contributed by atoms with Crippen LogP contribution in [0.5, 0.6) is 11.5 Å². The van der Waals surface area contributed by atoms with Crippen LogP contribution in [0, 0.1) is 0 Å². The number of nitrogens with zero attached hydrogens (tertiary/aromatic N) is 4. The van der Waals surface area contributed by atoms with E-state index >= 15 is 0 Å². The van der Waals surface area contributed by atoms with E-state index in [-0.39, 0.29) is 30.9 Å². The van der Waals surface area contributed by atoms with Gasteiger partial charge in [0.25, 0.3) is 11.4 Å². The molecule has 2 aromatic carbocycles. The fourth-order valence-electron chi connectivity index (χ4n) is 3.32.